The summed E-state index contributed by atoms with van der Waals surface area (Å²) in [6, 6.07) is 3.96. The molecule has 12 heavy (non-hydrogen) atoms. The second-order valence-corrected chi connectivity index (χ2v) is 4.26. The Morgan fingerprint density at radius 1 is 1.58 bits per heavy atom. The lowest BCUT2D eigenvalue weighted by atomic mass is 10.2. The number of quaternary nitrogens is 1. The predicted octanol–water partition coefficient (Wildman–Crippen LogP) is 0.316. The van der Waals surface area contributed by atoms with Crippen molar-refractivity contribution in [2.75, 3.05) is 20.6 Å². The quantitative estimate of drug-likeness (QED) is 0.695. The molecule has 1 rings (SSSR count). The van der Waals surface area contributed by atoms with Gasteiger partial charge in [-0.15, -0.1) is 11.3 Å². The molecule has 0 saturated heterocycles. The maximum absolute atomic E-state index is 9.66. The van der Waals surface area contributed by atoms with Gasteiger partial charge in [0.25, 0.3) is 0 Å². The van der Waals surface area contributed by atoms with Gasteiger partial charge in [0.05, 0.1) is 26.7 Å². The van der Waals surface area contributed by atoms with Crippen molar-refractivity contribution in [1.29, 1.82) is 0 Å². The zero-order valence-corrected chi connectivity index (χ0v) is 8.40. The first kappa shape index (κ1) is 9.71. The summed E-state index contributed by atoms with van der Waals surface area (Å²) in [5.41, 5.74) is 0. The molecule has 2 nitrogen and oxygen atoms in total. The van der Waals surface area contributed by atoms with Crippen molar-refractivity contribution in [2.24, 2.45) is 0 Å². The van der Waals surface area contributed by atoms with E-state index in [2.05, 4.69) is 14.1 Å². The summed E-state index contributed by atoms with van der Waals surface area (Å²) < 4.78 is 0. The fraction of sp³-hybridized carbons (Fsp3) is 0.556. The molecule has 0 radical (unpaired) electrons. The van der Waals surface area contributed by atoms with Crippen LogP contribution in [-0.2, 0) is 0 Å². The van der Waals surface area contributed by atoms with E-state index in [0.717, 1.165) is 17.8 Å². The van der Waals surface area contributed by atoms with E-state index in [-0.39, 0.29) is 6.10 Å². The van der Waals surface area contributed by atoms with Gasteiger partial charge in [-0.05, 0) is 11.4 Å². The Balaban J connectivity index is 2.34. The maximum Gasteiger partial charge on any atom is 0.0935 e. The van der Waals surface area contributed by atoms with Gasteiger partial charge < -0.3 is 10.0 Å². The first-order valence-electron chi connectivity index (χ1n) is 4.20. The number of hydrogen-bond donors (Lipinski definition) is 2. The second kappa shape index (κ2) is 4.60. The van der Waals surface area contributed by atoms with E-state index in [0.29, 0.717) is 0 Å². The van der Waals surface area contributed by atoms with Gasteiger partial charge in [-0.2, -0.15) is 0 Å². The van der Waals surface area contributed by atoms with E-state index in [1.807, 2.05) is 17.5 Å². The largest absolute Gasteiger partial charge is 0.387 e. The molecule has 1 aromatic rings. The van der Waals surface area contributed by atoms with E-state index in [4.69, 9.17) is 0 Å². The van der Waals surface area contributed by atoms with Gasteiger partial charge in [-0.25, -0.2) is 0 Å². The summed E-state index contributed by atoms with van der Waals surface area (Å²) >= 11 is 1.62. The van der Waals surface area contributed by atoms with Crippen LogP contribution >= 0.6 is 11.3 Å². The topological polar surface area (TPSA) is 24.7 Å². The molecule has 0 saturated carbocycles. The van der Waals surface area contributed by atoms with E-state index < -0.39 is 0 Å². The van der Waals surface area contributed by atoms with Crippen molar-refractivity contribution in [3.8, 4) is 0 Å². The lowest BCUT2D eigenvalue weighted by Crippen LogP contribution is -3.05. The Bertz CT molecular complexity index is 208. The number of rotatable bonds is 4. The predicted molar refractivity (Wildman–Crippen MR) is 51.6 cm³/mol. The normalized spacial score (nSPS) is 13.7. The highest BCUT2D eigenvalue weighted by Gasteiger charge is 2.09. The first-order valence-corrected chi connectivity index (χ1v) is 5.08. The third kappa shape index (κ3) is 2.93. The van der Waals surface area contributed by atoms with Crippen LogP contribution in [0.15, 0.2) is 17.5 Å². The lowest BCUT2D eigenvalue weighted by molar-refractivity contribution is -0.858. The molecular formula is C9H16NOS+. The van der Waals surface area contributed by atoms with Crippen LogP contribution in [-0.4, -0.2) is 25.7 Å². The highest BCUT2D eigenvalue weighted by molar-refractivity contribution is 7.10. The van der Waals surface area contributed by atoms with Crippen LogP contribution in [0.4, 0.5) is 0 Å². The maximum atomic E-state index is 9.66. The third-order valence-electron chi connectivity index (χ3n) is 1.79. The Labute approximate surface area is 77.5 Å². The van der Waals surface area contributed by atoms with Gasteiger partial charge in [0.15, 0.2) is 0 Å². The molecule has 1 aromatic heterocycles. The summed E-state index contributed by atoms with van der Waals surface area (Å²) in [5.74, 6) is 0. The molecule has 1 atom stereocenters. The molecule has 3 heteroatoms. The van der Waals surface area contributed by atoms with Crippen LogP contribution in [0, 0.1) is 0 Å². The number of hydrogen-bond acceptors (Lipinski definition) is 2. The Hall–Kier alpha value is -0.380. The highest BCUT2D eigenvalue weighted by atomic mass is 32.1. The minimum atomic E-state index is -0.264. The molecule has 0 spiro atoms. The second-order valence-electron chi connectivity index (χ2n) is 3.28. The van der Waals surface area contributed by atoms with Gasteiger partial charge >= 0.3 is 0 Å². The molecule has 0 aliphatic heterocycles. The summed E-state index contributed by atoms with van der Waals surface area (Å²) in [7, 11) is 4.20. The molecule has 0 bridgehead atoms. The molecule has 1 heterocycles. The smallest absolute Gasteiger partial charge is 0.0935 e. The van der Waals surface area contributed by atoms with Gasteiger partial charge in [0.2, 0.25) is 0 Å². The van der Waals surface area contributed by atoms with Crippen LogP contribution < -0.4 is 4.90 Å². The number of nitrogens with one attached hydrogen (secondary N) is 1. The third-order valence-corrected chi connectivity index (χ3v) is 2.76. The van der Waals surface area contributed by atoms with Crippen molar-refractivity contribution in [3.63, 3.8) is 0 Å². The zero-order valence-electron chi connectivity index (χ0n) is 7.58. The van der Waals surface area contributed by atoms with Crippen molar-refractivity contribution in [2.45, 2.75) is 12.5 Å². The summed E-state index contributed by atoms with van der Waals surface area (Å²) in [5, 5.41) is 11.7. The summed E-state index contributed by atoms with van der Waals surface area (Å²) in [6.07, 6.45) is 0.586. The fourth-order valence-corrected chi connectivity index (χ4v) is 1.79. The minimum absolute atomic E-state index is 0.264. The van der Waals surface area contributed by atoms with Gasteiger partial charge in [-0.1, -0.05) is 6.07 Å². The number of aliphatic hydroxyl groups is 1. The molecule has 0 unspecified atom stereocenters. The first-order chi connectivity index (χ1) is 5.70. The molecule has 0 aromatic carbocycles. The van der Waals surface area contributed by atoms with Gasteiger partial charge in [0, 0.05) is 11.3 Å². The van der Waals surface area contributed by atoms with Crippen LogP contribution in [0.25, 0.3) is 0 Å². The molecular weight excluding hydrogens is 170 g/mol. The van der Waals surface area contributed by atoms with Crippen LogP contribution in [0.5, 0.6) is 0 Å². The van der Waals surface area contributed by atoms with Crippen LogP contribution in [0.2, 0.25) is 0 Å². The van der Waals surface area contributed by atoms with Crippen molar-refractivity contribution >= 4 is 11.3 Å². The zero-order chi connectivity index (χ0) is 8.97. The number of thiophene rings is 1. The van der Waals surface area contributed by atoms with Crippen molar-refractivity contribution < 1.29 is 10.0 Å². The van der Waals surface area contributed by atoms with Crippen LogP contribution in [0.3, 0.4) is 0 Å². The van der Waals surface area contributed by atoms with Gasteiger partial charge in [0.1, 0.15) is 0 Å². The molecule has 0 amide bonds. The van der Waals surface area contributed by atoms with E-state index in [1.54, 1.807) is 11.3 Å². The van der Waals surface area contributed by atoms with Crippen molar-refractivity contribution in [3.05, 3.63) is 22.4 Å². The Morgan fingerprint density at radius 2 is 2.33 bits per heavy atom. The lowest BCUT2D eigenvalue weighted by Gasteiger charge is -2.10. The van der Waals surface area contributed by atoms with E-state index >= 15 is 0 Å². The average Bonchev–Trinajstić information content (AvgIpc) is 2.51. The van der Waals surface area contributed by atoms with E-state index in [9.17, 15) is 5.11 Å². The fourth-order valence-electron chi connectivity index (χ4n) is 1.05. The number of aliphatic hydroxyl groups excluding tert-OH is 1. The Kier molecular flexibility index (Phi) is 3.72. The highest BCUT2D eigenvalue weighted by Crippen LogP contribution is 2.20. The average molecular weight is 186 g/mol. The molecule has 2 N–H and O–H groups in total. The molecule has 0 aliphatic carbocycles. The van der Waals surface area contributed by atoms with Crippen molar-refractivity contribution in [1.82, 2.24) is 0 Å². The van der Waals surface area contributed by atoms with E-state index in [1.165, 1.54) is 4.90 Å². The minimum Gasteiger partial charge on any atom is -0.387 e. The standard InChI is InChI=1S/C9H15NOS/c1-10(2)6-5-8(11)9-4-3-7-12-9/h3-4,7-8,11H,5-6H2,1-2H3/p+1/t8-/m1/s1. The van der Waals surface area contributed by atoms with Crippen LogP contribution in [0.1, 0.15) is 17.4 Å². The van der Waals surface area contributed by atoms with Gasteiger partial charge in [-0.3, -0.25) is 0 Å². The summed E-state index contributed by atoms with van der Waals surface area (Å²) in [4.78, 5) is 2.46. The molecule has 0 aliphatic rings. The molecule has 0 fully saturated rings. The summed E-state index contributed by atoms with van der Waals surface area (Å²) in [6.45, 7) is 1.01. The monoisotopic (exact) mass is 186 g/mol. The SMILES string of the molecule is C[NH+](C)CC[C@@H](O)c1cccs1. The molecule has 68 valence electrons. The Morgan fingerprint density at radius 3 is 2.83 bits per heavy atom.